The molecule has 1 unspecified atom stereocenters. The minimum absolute atomic E-state index is 0.286. The van der Waals surface area contributed by atoms with Gasteiger partial charge in [-0.15, -0.1) is 0 Å². The average Bonchev–Trinajstić information content (AvgIpc) is 2.97. The van der Waals surface area contributed by atoms with Gasteiger partial charge in [0.05, 0.1) is 19.9 Å². The Morgan fingerprint density at radius 2 is 2.47 bits per heavy atom. The highest BCUT2D eigenvalue weighted by Gasteiger charge is 2.21. The SMILES string of the molecule is COc1ccc2c(c1)C(NCc1cn[nH]c1)CCO2. The van der Waals surface area contributed by atoms with Crippen molar-refractivity contribution >= 4 is 0 Å². The maximum absolute atomic E-state index is 5.68. The Balaban J connectivity index is 1.77. The second-order valence-electron chi connectivity index (χ2n) is 4.58. The van der Waals surface area contributed by atoms with Crippen LogP contribution >= 0.6 is 0 Å². The van der Waals surface area contributed by atoms with Crippen LogP contribution < -0.4 is 14.8 Å². The Morgan fingerprint density at radius 3 is 3.26 bits per heavy atom. The van der Waals surface area contributed by atoms with Gasteiger partial charge in [-0.1, -0.05) is 0 Å². The molecule has 0 radical (unpaired) electrons. The summed E-state index contributed by atoms with van der Waals surface area (Å²) in [5.74, 6) is 1.80. The molecule has 0 aliphatic carbocycles. The number of nitrogens with one attached hydrogen (secondary N) is 2. The molecule has 1 aromatic heterocycles. The van der Waals surface area contributed by atoms with Gasteiger partial charge in [-0.3, -0.25) is 5.10 Å². The zero-order valence-electron chi connectivity index (χ0n) is 10.8. The highest BCUT2D eigenvalue weighted by atomic mass is 16.5. The molecular formula is C14H17N3O2. The highest BCUT2D eigenvalue weighted by molar-refractivity contribution is 5.43. The van der Waals surface area contributed by atoms with Crippen LogP contribution in [0.4, 0.5) is 0 Å². The maximum atomic E-state index is 5.68. The predicted molar refractivity (Wildman–Crippen MR) is 71.3 cm³/mol. The number of aromatic nitrogens is 2. The smallest absolute Gasteiger partial charge is 0.124 e. The Bertz CT molecular complexity index is 540. The number of rotatable bonds is 4. The van der Waals surface area contributed by atoms with Gasteiger partial charge in [0.25, 0.3) is 0 Å². The minimum Gasteiger partial charge on any atom is -0.497 e. The van der Waals surface area contributed by atoms with E-state index >= 15 is 0 Å². The first-order valence-electron chi connectivity index (χ1n) is 6.38. The molecule has 5 nitrogen and oxygen atoms in total. The molecule has 0 fully saturated rings. The fourth-order valence-electron chi connectivity index (χ4n) is 2.33. The normalized spacial score (nSPS) is 17.6. The van der Waals surface area contributed by atoms with Gasteiger partial charge in [-0.25, -0.2) is 0 Å². The van der Waals surface area contributed by atoms with Crippen molar-refractivity contribution in [2.75, 3.05) is 13.7 Å². The van der Waals surface area contributed by atoms with Crippen LogP contribution in [-0.4, -0.2) is 23.9 Å². The molecule has 100 valence electrons. The van der Waals surface area contributed by atoms with E-state index in [4.69, 9.17) is 9.47 Å². The summed E-state index contributed by atoms with van der Waals surface area (Å²) in [6.45, 7) is 1.53. The van der Waals surface area contributed by atoms with E-state index in [1.165, 1.54) is 0 Å². The average molecular weight is 259 g/mol. The fraction of sp³-hybridized carbons (Fsp3) is 0.357. The maximum Gasteiger partial charge on any atom is 0.124 e. The molecule has 0 saturated heterocycles. The summed E-state index contributed by atoms with van der Waals surface area (Å²) in [6, 6.07) is 6.23. The number of methoxy groups -OCH3 is 1. The summed E-state index contributed by atoms with van der Waals surface area (Å²) in [5, 5.41) is 10.3. The molecule has 2 N–H and O–H groups in total. The molecule has 1 atom stereocenters. The zero-order chi connectivity index (χ0) is 13.1. The number of ether oxygens (including phenoxy) is 2. The molecule has 0 saturated carbocycles. The van der Waals surface area contributed by atoms with Gasteiger partial charge in [0.2, 0.25) is 0 Å². The van der Waals surface area contributed by atoms with Crippen molar-refractivity contribution in [2.45, 2.75) is 19.0 Å². The van der Waals surface area contributed by atoms with Gasteiger partial charge in [0.15, 0.2) is 0 Å². The van der Waals surface area contributed by atoms with Gasteiger partial charge >= 0.3 is 0 Å². The third kappa shape index (κ3) is 2.56. The van der Waals surface area contributed by atoms with Gasteiger partial charge in [-0.2, -0.15) is 5.10 Å². The number of benzene rings is 1. The lowest BCUT2D eigenvalue weighted by molar-refractivity contribution is 0.251. The van der Waals surface area contributed by atoms with Gasteiger partial charge < -0.3 is 14.8 Å². The molecular weight excluding hydrogens is 242 g/mol. The fourth-order valence-corrected chi connectivity index (χ4v) is 2.33. The summed E-state index contributed by atoms with van der Waals surface area (Å²) in [7, 11) is 1.68. The van der Waals surface area contributed by atoms with Crippen molar-refractivity contribution in [3.05, 3.63) is 41.7 Å². The Morgan fingerprint density at radius 1 is 1.53 bits per heavy atom. The molecule has 0 spiro atoms. The van der Waals surface area contributed by atoms with E-state index in [2.05, 4.69) is 15.5 Å². The summed E-state index contributed by atoms with van der Waals surface area (Å²) in [5.41, 5.74) is 2.31. The third-order valence-corrected chi connectivity index (χ3v) is 3.36. The molecule has 3 rings (SSSR count). The summed E-state index contributed by atoms with van der Waals surface area (Å²) >= 11 is 0. The van der Waals surface area contributed by atoms with E-state index in [9.17, 15) is 0 Å². The van der Waals surface area contributed by atoms with Gasteiger partial charge in [0.1, 0.15) is 11.5 Å². The van der Waals surface area contributed by atoms with Gasteiger partial charge in [-0.05, 0) is 18.2 Å². The first-order valence-corrected chi connectivity index (χ1v) is 6.38. The molecule has 1 aromatic carbocycles. The van der Waals surface area contributed by atoms with E-state index in [-0.39, 0.29) is 6.04 Å². The largest absolute Gasteiger partial charge is 0.497 e. The molecule has 2 aromatic rings. The Kier molecular flexibility index (Phi) is 3.37. The topological polar surface area (TPSA) is 59.2 Å². The number of hydrogen-bond donors (Lipinski definition) is 2. The van der Waals surface area contributed by atoms with E-state index in [0.717, 1.165) is 42.2 Å². The molecule has 5 heteroatoms. The van der Waals surface area contributed by atoms with E-state index < -0.39 is 0 Å². The number of H-pyrrole nitrogens is 1. The van der Waals surface area contributed by atoms with Crippen LogP contribution in [0, 0.1) is 0 Å². The molecule has 19 heavy (non-hydrogen) atoms. The van der Waals surface area contributed by atoms with Crippen LogP contribution in [0.5, 0.6) is 11.5 Å². The van der Waals surface area contributed by atoms with E-state index in [1.807, 2.05) is 30.6 Å². The van der Waals surface area contributed by atoms with Crippen LogP contribution in [0.2, 0.25) is 0 Å². The minimum atomic E-state index is 0.286. The van der Waals surface area contributed by atoms with Gasteiger partial charge in [0, 0.05) is 36.3 Å². The lowest BCUT2D eigenvalue weighted by atomic mass is 10.00. The van der Waals surface area contributed by atoms with Crippen LogP contribution in [-0.2, 0) is 6.54 Å². The Labute approximate surface area is 111 Å². The van der Waals surface area contributed by atoms with Crippen LogP contribution in [0.15, 0.2) is 30.6 Å². The van der Waals surface area contributed by atoms with Crippen molar-refractivity contribution in [2.24, 2.45) is 0 Å². The molecule has 0 amide bonds. The summed E-state index contributed by atoms with van der Waals surface area (Å²) in [6.07, 6.45) is 4.69. The first-order chi connectivity index (χ1) is 9.36. The molecule has 1 aliphatic heterocycles. The molecule has 2 heterocycles. The summed E-state index contributed by atoms with van der Waals surface area (Å²) < 4.78 is 11.0. The number of aromatic amines is 1. The third-order valence-electron chi connectivity index (χ3n) is 3.36. The van der Waals surface area contributed by atoms with Crippen molar-refractivity contribution in [1.82, 2.24) is 15.5 Å². The zero-order valence-corrected chi connectivity index (χ0v) is 10.8. The van der Waals surface area contributed by atoms with Crippen molar-refractivity contribution in [3.8, 4) is 11.5 Å². The monoisotopic (exact) mass is 259 g/mol. The Hall–Kier alpha value is -2.01. The highest BCUT2D eigenvalue weighted by Crippen LogP contribution is 2.34. The van der Waals surface area contributed by atoms with Crippen molar-refractivity contribution in [1.29, 1.82) is 0 Å². The van der Waals surface area contributed by atoms with Crippen molar-refractivity contribution < 1.29 is 9.47 Å². The number of hydrogen-bond acceptors (Lipinski definition) is 4. The first kappa shape index (κ1) is 12.0. The summed E-state index contributed by atoms with van der Waals surface area (Å²) in [4.78, 5) is 0. The van der Waals surface area contributed by atoms with Crippen molar-refractivity contribution in [3.63, 3.8) is 0 Å². The van der Waals surface area contributed by atoms with E-state index in [1.54, 1.807) is 7.11 Å². The van der Waals surface area contributed by atoms with E-state index in [0.29, 0.717) is 0 Å². The molecule has 1 aliphatic rings. The quantitative estimate of drug-likeness (QED) is 0.882. The van der Waals surface area contributed by atoms with Crippen LogP contribution in [0.3, 0.4) is 0 Å². The second kappa shape index (κ2) is 5.32. The second-order valence-corrected chi connectivity index (χ2v) is 4.58. The lowest BCUT2D eigenvalue weighted by Gasteiger charge is -2.27. The lowest BCUT2D eigenvalue weighted by Crippen LogP contribution is -2.26. The van der Waals surface area contributed by atoms with Crippen LogP contribution in [0.1, 0.15) is 23.6 Å². The number of fused-ring (bicyclic) bond motifs is 1. The predicted octanol–water partition coefficient (Wildman–Crippen LogP) is 2.03. The standard InChI is InChI=1S/C14H17N3O2/c1-18-11-2-3-14-12(6-11)13(4-5-19-14)15-7-10-8-16-17-9-10/h2-3,6,8-9,13,15H,4-5,7H2,1H3,(H,16,17). The van der Waals surface area contributed by atoms with Crippen LogP contribution in [0.25, 0.3) is 0 Å². The number of nitrogens with zero attached hydrogens (tertiary/aromatic N) is 1. The molecule has 0 bridgehead atoms.